The summed E-state index contributed by atoms with van der Waals surface area (Å²) in [5.74, 6) is 0.380. The van der Waals surface area contributed by atoms with Gasteiger partial charge in [-0.1, -0.05) is 26.0 Å². The Balaban J connectivity index is 2.52. The van der Waals surface area contributed by atoms with Crippen LogP contribution in [0.15, 0.2) is 30.3 Å². The first-order valence-corrected chi connectivity index (χ1v) is 6.14. The maximum Gasteiger partial charge on any atom is 0.0793 e. The molecule has 0 spiro atoms. The number of benzene rings is 1. The molecule has 0 bridgehead atoms. The molecule has 0 saturated heterocycles. The van der Waals surface area contributed by atoms with E-state index in [0.717, 1.165) is 17.1 Å². The zero-order chi connectivity index (χ0) is 13.1. The van der Waals surface area contributed by atoms with Crippen molar-refractivity contribution in [2.24, 2.45) is 0 Å². The van der Waals surface area contributed by atoms with Crippen LogP contribution < -0.4 is 0 Å². The fourth-order valence-electron chi connectivity index (χ4n) is 1.99. The second-order valence-electron chi connectivity index (χ2n) is 4.80. The van der Waals surface area contributed by atoms with Gasteiger partial charge in [0.25, 0.3) is 0 Å². The minimum atomic E-state index is 0.360. The molecule has 0 saturated carbocycles. The van der Waals surface area contributed by atoms with E-state index >= 15 is 0 Å². The van der Waals surface area contributed by atoms with Gasteiger partial charge in [0.15, 0.2) is 0 Å². The van der Waals surface area contributed by atoms with Crippen molar-refractivity contribution in [2.75, 3.05) is 0 Å². The Bertz CT molecular complexity index is 588. The van der Waals surface area contributed by atoms with Crippen LogP contribution in [0, 0.1) is 18.3 Å². The van der Waals surface area contributed by atoms with E-state index in [9.17, 15) is 0 Å². The zero-order valence-corrected chi connectivity index (χ0v) is 11.0. The highest BCUT2D eigenvalue weighted by molar-refractivity contribution is 5.37. The number of aromatic nitrogens is 2. The molecule has 1 heterocycles. The Morgan fingerprint density at radius 1 is 1.33 bits per heavy atom. The van der Waals surface area contributed by atoms with E-state index in [1.165, 1.54) is 5.56 Å². The van der Waals surface area contributed by atoms with Crippen molar-refractivity contribution in [3.8, 4) is 11.8 Å². The van der Waals surface area contributed by atoms with E-state index in [4.69, 9.17) is 5.26 Å². The van der Waals surface area contributed by atoms with Crippen LogP contribution in [-0.2, 0) is 6.42 Å². The SMILES string of the molecule is Cc1cccc(-n2nc(CC#N)cc2C(C)C)c1. The summed E-state index contributed by atoms with van der Waals surface area (Å²) in [6.45, 7) is 6.34. The van der Waals surface area contributed by atoms with E-state index in [1.54, 1.807) is 0 Å². The molecule has 0 atom stereocenters. The maximum atomic E-state index is 8.77. The average Bonchev–Trinajstić information content (AvgIpc) is 2.74. The van der Waals surface area contributed by atoms with E-state index in [2.05, 4.69) is 44.1 Å². The molecule has 1 aromatic heterocycles. The highest BCUT2D eigenvalue weighted by atomic mass is 15.3. The minimum Gasteiger partial charge on any atom is -0.237 e. The number of hydrogen-bond donors (Lipinski definition) is 0. The van der Waals surface area contributed by atoms with Crippen LogP contribution in [0.1, 0.15) is 36.7 Å². The van der Waals surface area contributed by atoms with Gasteiger partial charge in [-0.2, -0.15) is 10.4 Å². The second kappa shape index (κ2) is 5.05. The first kappa shape index (κ1) is 12.4. The molecule has 0 amide bonds. The van der Waals surface area contributed by atoms with Crippen LogP contribution in [0.3, 0.4) is 0 Å². The van der Waals surface area contributed by atoms with Crippen molar-refractivity contribution >= 4 is 0 Å². The molecule has 3 nitrogen and oxygen atoms in total. The first-order valence-electron chi connectivity index (χ1n) is 6.14. The lowest BCUT2D eigenvalue weighted by Crippen LogP contribution is -2.03. The number of nitriles is 1. The van der Waals surface area contributed by atoms with Gasteiger partial charge in [-0.3, -0.25) is 0 Å². The quantitative estimate of drug-likeness (QED) is 0.824. The Labute approximate surface area is 108 Å². The summed E-state index contributed by atoms with van der Waals surface area (Å²) < 4.78 is 1.95. The van der Waals surface area contributed by atoms with Gasteiger partial charge in [0.2, 0.25) is 0 Å². The molecule has 0 aliphatic rings. The normalized spacial score (nSPS) is 10.6. The summed E-state index contributed by atoms with van der Waals surface area (Å²) in [6, 6.07) is 12.4. The Morgan fingerprint density at radius 2 is 2.11 bits per heavy atom. The molecule has 92 valence electrons. The predicted octanol–water partition coefficient (Wildman–Crippen LogP) is 3.37. The molecule has 18 heavy (non-hydrogen) atoms. The predicted molar refractivity (Wildman–Crippen MR) is 71.7 cm³/mol. The van der Waals surface area contributed by atoms with Gasteiger partial charge in [0.05, 0.1) is 23.9 Å². The third-order valence-electron chi connectivity index (χ3n) is 2.89. The highest BCUT2D eigenvalue weighted by Crippen LogP contribution is 2.21. The van der Waals surface area contributed by atoms with Crippen molar-refractivity contribution in [2.45, 2.75) is 33.1 Å². The largest absolute Gasteiger partial charge is 0.237 e. The zero-order valence-electron chi connectivity index (χ0n) is 11.0. The lowest BCUT2D eigenvalue weighted by molar-refractivity contribution is 0.729. The van der Waals surface area contributed by atoms with Crippen LogP contribution in [0.4, 0.5) is 0 Å². The number of hydrogen-bond acceptors (Lipinski definition) is 2. The molecule has 0 N–H and O–H groups in total. The minimum absolute atomic E-state index is 0.360. The third kappa shape index (κ3) is 2.43. The second-order valence-corrected chi connectivity index (χ2v) is 4.80. The van der Waals surface area contributed by atoms with Crippen molar-refractivity contribution in [3.05, 3.63) is 47.3 Å². The van der Waals surface area contributed by atoms with Crippen LogP contribution in [0.5, 0.6) is 0 Å². The van der Waals surface area contributed by atoms with Gasteiger partial charge in [-0.25, -0.2) is 4.68 Å². The van der Waals surface area contributed by atoms with Crippen molar-refractivity contribution < 1.29 is 0 Å². The van der Waals surface area contributed by atoms with Gasteiger partial charge >= 0.3 is 0 Å². The smallest absolute Gasteiger partial charge is 0.0793 e. The molecule has 2 aromatic rings. The fourth-order valence-corrected chi connectivity index (χ4v) is 1.99. The van der Waals surface area contributed by atoms with E-state index in [1.807, 2.05) is 22.9 Å². The maximum absolute atomic E-state index is 8.77. The molecule has 0 aliphatic heterocycles. The monoisotopic (exact) mass is 239 g/mol. The fraction of sp³-hybridized carbons (Fsp3) is 0.333. The molecule has 3 heteroatoms. The number of nitrogens with zero attached hydrogens (tertiary/aromatic N) is 3. The number of aryl methyl sites for hydroxylation is 1. The Hall–Kier alpha value is -2.08. The molecule has 0 aliphatic carbocycles. The van der Waals surface area contributed by atoms with Crippen LogP contribution in [-0.4, -0.2) is 9.78 Å². The van der Waals surface area contributed by atoms with E-state index < -0.39 is 0 Å². The molecular formula is C15H17N3. The summed E-state index contributed by atoms with van der Waals surface area (Å²) in [4.78, 5) is 0. The summed E-state index contributed by atoms with van der Waals surface area (Å²) in [5, 5.41) is 13.3. The van der Waals surface area contributed by atoms with Gasteiger partial charge in [-0.05, 0) is 36.6 Å². The van der Waals surface area contributed by atoms with Crippen LogP contribution in [0.25, 0.3) is 5.69 Å². The third-order valence-corrected chi connectivity index (χ3v) is 2.89. The molecule has 0 radical (unpaired) electrons. The lowest BCUT2D eigenvalue weighted by atomic mass is 10.1. The number of rotatable bonds is 3. The van der Waals surface area contributed by atoms with Crippen LogP contribution >= 0.6 is 0 Å². The van der Waals surface area contributed by atoms with Gasteiger partial charge in [0, 0.05) is 5.69 Å². The van der Waals surface area contributed by atoms with E-state index in [-0.39, 0.29) is 0 Å². The summed E-state index contributed by atoms with van der Waals surface area (Å²) in [5.41, 5.74) is 4.25. The standard InChI is InChI=1S/C15H17N3/c1-11(2)15-10-13(7-8-16)17-18(15)14-6-4-5-12(3)9-14/h4-6,9-11H,7H2,1-3H3. The molecule has 2 rings (SSSR count). The van der Waals surface area contributed by atoms with Crippen molar-refractivity contribution in [3.63, 3.8) is 0 Å². The lowest BCUT2D eigenvalue weighted by Gasteiger charge is -2.10. The molecule has 0 fully saturated rings. The van der Waals surface area contributed by atoms with Gasteiger partial charge < -0.3 is 0 Å². The molecule has 0 unspecified atom stereocenters. The summed E-state index contributed by atoms with van der Waals surface area (Å²) in [7, 11) is 0. The average molecular weight is 239 g/mol. The van der Waals surface area contributed by atoms with Crippen molar-refractivity contribution in [1.82, 2.24) is 9.78 Å². The van der Waals surface area contributed by atoms with Gasteiger partial charge in [0.1, 0.15) is 0 Å². The van der Waals surface area contributed by atoms with Gasteiger partial charge in [-0.15, -0.1) is 0 Å². The van der Waals surface area contributed by atoms with Crippen LogP contribution in [0.2, 0.25) is 0 Å². The Morgan fingerprint density at radius 3 is 2.72 bits per heavy atom. The first-order chi connectivity index (χ1) is 8.61. The summed E-state index contributed by atoms with van der Waals surface area (Å²) in [6.07, 6.45) is 0.360. The highest BCUT2D eigenvalue weighted by Gasteiger charge is 2.12. The van der Waals surface area contributed by atoms with Crippen molar-refractivity contribution in [1.29, 1.82) is 5.26 Å². The summed E-state index contributed by atoms with van der Waals surface area (Å²) >= 11 is 0. The molecular weight excluding hydrogens is 222 g/mol. The molecule has 1 aromatic carbocycles. The van der Waals surface area contributed by atoms with E-state index in [0.29, 0.717) is 12.3 Å². The topological polar surface area (TPSA) is 41.6 Å². The Kier molecular flexibility index (Phi) is 3.47.